The zero-order valence-corrected chi connectivity index (χ0v) is 12.5. The lowest BCUT2D eigenvalue weighted by atomic mass is 10.1. The number of furan rings is 1. The largest absolute Gasteiger partial charge is 0.463 e. The average Bonchev–Trinajstić information content (AvgIpc) is 3.22. The number of aromatic nitrogens is 3. The maximum atomic E-state index is 9.44. The van der Waals surface area contributed by atoms with E-state index in [1.165, 1.54) is 16.9 Å². The van der Waals surface area contributed by atoms with E-state index in [1.807, 2.05) is 25.1 Å². The van der Waals surface area contributed by atoms with Gasteiger partial charge in [0.15, 0.2) is 11.5 Å². The topological polar surface area (TPSA) is 67.1 Å². The van der Waals surface area contributed by atoms with Crippen molar-refractivity contribution in [3.8, 4) is 28.1 Å². The minimum atomic E-state index is 0.389. The average molecular weight is 306 g/mol. The van der Waals surface area contributed by atoms with Gasteiger partial charge in [0.05, 0.1) is 6.26 Å². The van der Waals surface area contributed by atoms with E-state index in [0.717, 1.165) is 10.6 Å². The second-order valence-corrected chi connectivity index (χ2v) is 5.83. The molecule has 0 radical (unpaired) electrons. The van der Waals surface area contributed by atoms with Gasteiger partial charge in [-0.15, -0.1) is 0 Å². The summed E-state index contributed by atoms with van der Waals surface area (Å²) in [6.07, 6.45) is 1.57. The van der Waals surface area contributed by atoms with Crippen molar-refractivity contribution in [3.63, 3.8) is 0 Å². The highest BCUT2D eigenvalue weighted by Crippen LogP contribution is 2.31. The van der Waals surface area contributed by atoms with Crippen molar-refractivity contribution >= 4 is 16.3 Å². The molecule has 0 aliphatic heterocycles. The van der Waals surface area contributed by atoms with Gasteiger partial charge in [-0.1, -0.05) is 35.1 Å². The van der Waals surface area contributed by atoms with Gasteiger partial charge in [0.1, 0.15) is 16.8 Å². The van der Waals surface area contributed by atoms with Crippen LogP contribution in [0.25, 0.3) is 27.0 Å². The summed E-state index contributed by atoms with van der Waals surface area (Å²) >= 11 is 1.45. The molecule has 0 aliphatic rings. The van der Waals surface area contributed by atoms with Crippen LogP contribution in [-0.4, -0.2) is 14.6 Å². The molecule has 0 aliphatic carbocycles. The summed E-state index contributed by atoms with van der Waals surface area (Å²) in [5.74, 6) is 0.575. The lowest BCUT2D eigenvalue weighted by Gasteiger charge is -1.97. The number of nitrogens with zero attached hydrogens (tertiary/aromatic N) is 4. The van der Waals surface area contributed by atoms with E-state index in [9.17, 15) is 5.26 Å². The molecule has 106 valence electrons. The number of rotatable bonds is 2. The Morgan fingerprint density at radius 1 is 1.27 bits per heavy atom. The summed E-state index contributed by atoms with van der Waals surface area (Å²) in [4.78, 5) is 5.18. The van der Waals surface area contributed by atoms with Crippen molar-refractivity contribution in [3.05, 3.63) is 53.9 Å². The number of hydrogen-bond donors (Lipinski definition) is 0. The number of benzene rings is 1. The molecular formula is C16H10N4OS. The fourth-order valence-corrected chi connectivity index (χ4v) is 3.22. The smallest absolute Gasteiger partial charge is 0.214 e. The maximum Gasteiger partial charge on any atom is 0.214 e. The summed E-state index contributed by atoms with van der Waals surface area (Å²) in [6.45, 7) is 2.04. The fraction of sp³-hybridized carbons (Fsp3) is 0.0625. The molecule has 1 aromatic carbocycles. The summed E-state index contributed by atoms with van der Waals surface area (Å²) in [6, 6.07) is 13.8. The molecule has 3 aromatic heterocycles. The fourth-order valence-electron chi connectivity index (χ4n) is 2.33. The molecule has 0 bridgehead atoms. The Morgan fingerprint density at radius 2 is 2.18 bits per heavy atom. The molecule has 22 heavy (non-hydrogen) atoms. The second kappa shape index (κ2) is 4.83. The molecule has 3 heterocycles. The van der Waals surface area contributed by atoms with Crippen LogP contribution in [0.5, 0.6) is 0 Å². The molecule has 0 N–H and O–H groups in total. The number of aryl methyl sites for hydroxylation is 1. The van der Waals surface area contributed by atoms with Crippen molar-refractivity contribution < 1.29 is 4.42 Å². The highest BCUT2D eigenvalue weighted by Gasteiger charge is 2.19. The van der Waals surface area contributed by atoms with Crippen LogP contribution in [0.15, 0.2) is 47.1 Å². The van der Waals surface area contributed by atoms with Crippen molar-refractivity contribution in [2.75, 3.05) is 0 Å². The second-order valence-electron chi connectivity index (χ2n) is 4.87. The Kier molecular flexibility index (Phi) is 2.81. The van der Waals surface area contributed by atoms with Crippen molar-refractivity contribution in [2.24, 2.45) is 0 Å². The maximum absolute atomic E-state index is 9.44. The Morgan fingerprint density at radius 3 is 2.91 bits per heavy atom. The van der Waals surface area contributed by atoms with Gasteiger partial charge in [0, 0.05) is 5.56 Å². The highest BCUT2D eigenvalue weighted by atomic mass is 32.1. The van der Waals surface area contributed by atoms with Crippen molar-refractivity contribution in [1.29, 1.82) is 5.26 Å². The SMILES string of the molecule is Cc1cccc(-c2nn3c(C#N)c(-c4ccco4)nc3s2)c1. The van der Waals surface area contributed by atoms with Gasteiger partial charge < -0.3 is 4.42 Å². The first-order chi connectivity index (χ1) is 10.8. The van der Waals surface area contributed by atoms with Crippen LogP contribution in [0.3, 0.4) is 0 Å². The van der Waals surface area contributed by atoms with Gasteiger partial charge in [-0.2, -0.15) is 14.9 Å². The Bertz CT molecular complexity index is 1000. The minimum Gasteiger partial charge on any atom is -0.463 e. The minimum absolute atomic E-state index is 0.389. The van der Waals surface area contributed by atoms with Gasteiger partial charge in [-0.05, 0) is 25.1 Å². The molecule has 0 spiro atoms. The molecule has 0 saturated carbocycles. The van der Waals surface area contributed by atoms with Gasteiger partial charge in [0.2, 0.25) is 4.96 Å². The van der Waals surface area contributed by atoms with Crippen LogP contribution in [0.4, 0.5) is 0 Å². The van der Waals surface area contributed by atoms with E-state index < -0.39 is 0 Å². The predicted molar refractivity (Wildman–Crippen MR) is 83.5 cm³/mol. The Labute approximate surface area is 130 Å². The molecular weight excluding hydrogens is 296 g/mol. The van der Waals surface area contributed by atoms with Crippen LogP contribution in [-0.2, 0) is 0 Å². The molecule has 4 rings (SSSR count). The normalized spacial score (nSPS) is 10.9. The molecule has 0 fully saturated rings. The first-order valence-corrected chi connectivity index (χ1v) is 7.48. The van der Waals surface area contributed by atoms with Gasteiger partial charge in [-0.25, -0.2) is 4.98 Å². The zero-order valence-electron chi connectivity index (χ0n) is 11.6. The predicted octanol–water partition coefficient (Wildman–Crippen LogP) is 3.90. The molecule has 4 aromatic rings. The Hall–Kier alpha value is -2.91. The summed E-state index contributed by atoms with van der Waals surface area (Å²) < 4.78 is 6.93. The Balaban J connectivity index is 1.90. The third-order valence-electron chi connectivity index (χ3n) is 3.33. The van der Waals surface area contributed by atoms with E-state index in [4.69, 9.17) is 4.42 Å². The van der Waals surface area contributed by atoms with E-state index >= 15 is 0 Å². The van der Waals surface area contributed by atoms with Crippen LogP contribution in [0, 0.1) is 18.3 Å². The summed E-state index contributed by atoms with van der Waals surface area (Å²) in [5.41, 5.74) is 3.11. The van der Waals surface area contributed by atoms with Gasteiger partial charge >= 0.3 is 0 Å². The highest BCUT2D eigenvalue weighted by molar-refractivity contribution is 7.19. The van der Waals surface area contributed by atoms with Gasteiger partial charge in [0.25, 0.3) is 0 Å². The summed E-state index contributed by atoms with van der Waals surface area (Å²) in [7, 11) is 0. The number of fused-ring (bicyclic) bond motifs is 1. The molecule has 0 atom stereocenters. The van der Waals surface area contributed by atoms with E-state index in [2.05, 4.69) is 22.2 Å². The van der Waals surface area contributed by atoms with Crippen LogP contribution in [0.2, 0.25) is 0 Å². The van der Waals surface area contributed by atoms with Crippen LogP contribution in [0.1, 0.15) is 11.3 Å². The molecule has 0 amide bonds. The monoisotopic (exact) mass is 306 g/mol. The molecule has 0 unspecified atom stereocenters. The quantitative estimate of drug-likeness (QED) is 0.563. The number of hydrogen-bond acceptors (Lipinski definition) is 5. The standard InChI is InChI=1S/C16H10N4OS/c1-10-4-2-5-11(8-10)15-19-20-12(9-17)14(18-16(20)22-15)13-6-3-7-21-13/h2-8H,1H3. The summed E-state index contributed by atoms with van der Waals surface area (Å²) in [5, 5.41) is 14.8. The number of imidazole rings is 1. The van der Waals surface area contributed by atoms with Crippen molar-refractivity contribution in [1.82, 2.24) is 14.6 Å². The molecule has 6 heteroatoms. The van der Waals surface area contributed by atoms with Crippen molar-refractivity contribution in [2.45, 2.75) is 6.92 Å². The third-order valence-corrected chi connectivity index (χ3v) is 4.29. The third kappa shape index (κ3) is 1.91. The lowest BCUT2D eigenvalue weighted by molar-refractivity contribution is 0.580. The van der Waals surface area contributed by atoms with E-state index in [-0.39, 0.29) is 0 Å². The van der Waals surface area contributed by atoms with Crippen LogP contribution < -0.4 is 0 Å². The van der Waals surface area contributed by atoms with Crippen LogP contribution >= 0.6 is 11.3 Å². The first kappa shape index (κ1) is 12.8. The molecule has 0 saturated heterocycles. The molecule has 5 nitrogen and oxygen atoms in total. The van der Waals surface area contributed by atoms with Gasteiger partial charge in [-0.3, -0.25) is 0 Å². The first-order valence-electron chi connectivity index (χ1n) is 6.67. The number of nitriles is 1. The lowest BCUT2D eigenvalue weighted by Crippen LogP contribution is -1.90. The van der Waals surface area contributed by atoms with E-state index in [1.54, 1.807) is 22.9 Å². The van der Waals surface area contributed by atoms with E-state index in [0.29, 0.717) is 22.1 Å². The zero-order chi connectivity index (χ0) is 15.1.